The zero-order valence-electron chi connectivity index (χ0n) is 11.4. The first-order valence-electron chi connectivity index (χ1n) is 6.84. The molecule has 21 heavy (non-hydrogen) atoms. The number of phenols is 1. The van der Waals surface area contributed by atoms with E-state index >= 15 is 0 Å². The summed E-state index contributed by atoms with van der Waals surface area (Å²) in [6.45, 7) is 0. The maximum absolute atomic E-state index is 9.79. The average molecular weight is 346 g/mol. The summed E-state index contributed by atoms with van der Waals surface area (Å²) in [4.78, 5) is 0. The second-order valence-corrected chi connectivity index (χ2v) is 6.26. The van der Waals surface area contributed by atoms with Crippen molar-refractivity contribution in [3.8, 4) is 5.75 Å². The van der Waals surface area contributed by atoms with E-state index in [-0.39, 0.29) is 10.8 Å². The highest BCUT2D eigenvalue weighted by atomic mass is 35.5. The lowest BCUT2D eigenvalue weighted by Crippen LogP contribution is -2.40. The Hall–Kier alpha value is -1.04. The summed E-state index contributed by atoms with van der Waals surface area (Å²) in [5.74, 6) is -0.0576. The zero-order chi connectivity index (χ0) is 15.2. The Balaban J connectivity index is 1.88. The van der Waals surface area contributed by atoms with Crippen molar-refractivity contribution >= 4 is 46.7 Å². The van der Waals surface area contributed by atoms with Crippen molar-refractivity contribution < 1.29 is 5.11 Å². The monoisotopic (exact) mass is 345 g/mol. The number of thiocarbonyl (C=S) groups is 1. The van der Waals surface area contributed by atoms with Crippen molar-refractivity contribution in [1.29, 1.82) is 0 Å². The van der Waals surface area contributed by atoms with E-state index in [0.29, 0.717) is 21.7 Å². The van der Waals surface area contributed by atoms with Crippen molar-refractivity contribution in [3.05, 3.63) is 27.7 Å². The van der Waals surface area contributed by atoms with Gasteiger partial charge in [-0.25, -0.2) is 0 Å². The Kier molecular flexibility index (Phi) is 6.08. The second kappa shape index (κ2) is 7.82. The van der Waals surface area contributed by atoms with Crippen LogP contribution in [0.2, 0.25) is 10.0 Å². The molecule has 0 unspecified atom stereocenters. The fourth-order valence-electron chi connectivity index (χ4n) is 2.31. The molecule has 0 radical (unpaired) electrons. The van der Waals surface area contributed by atoms with Gasteiger partial charge in [0.15, 0.2) is 5.11 Å². The number of benzene rings is 1. The van der Waals surface area contributed by atoms with Gasteiger partial charge in [-0.15, -0.1) is 0 Å². The van der Waals surface area contributed by atoms with Gasteiger partial charge in [-0.3, -0.25) is 5.43 Å². The molecule has 1 aliphatic rings. The van der Waals surface area contributed by atoms with E-state index in [1.54, 1.807) is 6.07 Å². The smallest absolute Gasteiger partial charge is 0.187 e. The highest BCUT2D eigenvalue weighted by molar-refractivity contribution is 7.80. The Labute approximate surface area is 139 Å². The lowest BCUT2D eigenvalue weighted by atomic mass is 9.96. The number of hydrazone groups is 1. The Morgan fingerprint density at radius 2 is 2.00 bits per heavy atom. The Morgan fingerprint density at radius 1 is 1.29 bits per heavy atom. The van der Waals surface area contributed by atoms with E-state index < -0.39 is 0 Å². The molecule has 2 rings (SSSR count). The van der Waals surface area contributed by atoms with Gasteiger partial charge in [-0.2, -0.15) is 5.10 Å². The van der Waals surface area contributed by atoms with E-state index in [1.807, 2.05) is 0 Å². The molecule has 0 spiro atoms. The summed E-state index contributed by atoms with van der Waals surface area (Å²) >= 11 is 16.9. The Bertz CT molecular complexity index is 545. The fraction of sp³-hybridized carbons (Fsp3) is 0.429. The Morgan fingerprint density at radius 3 is 2.71 bits per heavy atom. The number of phenolic OH excluding ortho intramolecular Hbond substituents is 1. The van der Waals surface area contributed by atoms with Crippen molar-refractivity contribution in [3.63, 3.8) is 0 Å². The topological polar surface area (TPSA) is 56.7 Å². The number of hydrogen-bond donors (Lipinski definition) is 3. The van der Waals surface area contributed by atoms with Crippen LogP contribution in [0.1, 0.15) is 37.7 Å². The van der Waals surface area contributed by atoms with Crippen LogP contribution in [0, 0.1) is 0 Å². The minimum atomic E-state index is -0.0576. The summed E-state index contributed by atoms with van der Waals surface area (Å²) in [5, 5.41) is 18.1. The van der Waals surface area contributed by atoms with Crippen LogP contribution in [-0.4, -0.2) is 22.5 Å². The molecule has 0 amide bonds. The maximum atomic E-state index is 9.79. The van der Waals surface area contributed by atoms with Gasteiger partial charge < -0.3 is 10.4 Å². The van der Waals surface area contributed by atoms with Gasteiger partial charge in [-0.1, -0.05) is 42.5 Å². The minimum Gasteiger partial charge on any atom is -0.506 e. The molecule has 4 nitrogen and oxygen atoms in total. The number of rotatable bonds is 3. The van der Waals surface area contributed by atoms with Gasteiger partial charge in [0.25, 0.3) is 0 Å². The molecular weight excluding hydrogens is 329 g/mol. The minimum absolute atomic E-state index is 0.0576. The summed E-state index contributed by atoms with van der Waals surface area (Å²) in [6.07, 6.45) is 7.47. The van der Waals surface area contributed by atoms with Gasteiger partial charge in [0.05, 0.1) is 11.2 Å². The number of halogens is 2. The third kappa shape index (κ3) is 5.02. The van der Waals surface area contributed by atoms with Crippen LogP contribution < -0.4 is 10.7 Å². The molecule has 114 valence electrons. The van der Waals surface area contributed by atoms with Crippen LogP contribution in [0.3, 0.4) is 0 Å². The predicted molar refractivity (Wildman–Crippen MR) is 91.5 cm³/mol. The third-order valence-corrected chi connectivity index (χ3v) is 4.08. The number of hydrogen-bond acceptors (Lipinski definition) is 3. The number of nitrogens with one attached hydrogen (secondary N) is 2. The molecule has 7 heteroatoms. The SMILES string of the molecule is Oc1c(Cl)cc(Cl)cc1/C=N/NC(=S)NC1CCCCC1. The molecule has 1 aromatic carbocycles. The lowest BCUT2D eigenvalue weighted by Gasteiger charge is -2.23. The molecule has 0 atom stereocenters. The summed E-state index contributed by atoms with van der Waals surface area (Å²) < 4.78 is 0. The fourth-order valence-corrected chi connectivity index (χ4v) is 3.04. The van der Waals surface area contributed by atoms with Gasteiger partial charge in [-0.05, 0) is 37.2 Å². The first kappa shape index (κ1) is 16.3. The van der Waals surface area contributed by atoms with E-state index in [9.17, 15) is 5.11 Å². The van der Waals surface area contributed by atoms with Crippen LogP contribution in [0.5, 0.6) is 5.75 Å². The van der Waals surface area contributed by atoms with Gasteiger partial charge in [0.1, 0.15) is 5.75 Å². The zero-order valence-corrected chi connectivity index (χ0v) is 13.7. The summed E-state index contributed by atoms with van der Waals surface area (Å²) in [5.41, 5.74) is 3.17. The largest absolute Gasteiger partial charge is 0.506 e. The first-order chi connectivity index (χ1) is 10.1. The third-order valence-electron chi connectivity index (χ3n) is 3.37. The molecule has 1 aromatic rings. The number of aromatic hydroxyl groups is 1. The quantitative estimate of drug-likeness (QED) is 0.442. The van der Waals surface area contributed by atoms with Crippen LogP contribution in [0.25, 0.3) is 0 Å². The number of nitrogens with zero attached hydrogens (tertiary/aromatic N) is 1. The van der Waals surface area contributed by atoms with Crippen LogP contribution in [-0.2, 0) is 0 Å². The van der Waals surface area contributed by atoms with Gasteiger partial charge in [0.2, 0.25) is 0 Å². The van der Waals surface area contributed by atoms with E-state index in [0.717, 1.165) is 12.8 Å². The van der Waals surface area contributed by atoms with Crippen molar-refractivity contribution in [1.82, 2.24) is 10.7 Å². The normalized spacial score (nSPS) is 16.1. The van der Waals surface area contributed by atoms with Crippen molar-refractivity contribution in [2.24, 2.45) is 5.10 Å². The lowest BCUT2D eigenvalue weighted by molar-refractivity contribution is 0.412. The molecular formula is C14H17Cl2N3OS. The standard InChI is InChI=1S/C14H17Cl2N3OS/c15-10-6-9(13(20)12(16)7-10)8-17-19-14(21)18-11-4-2-1-3-5-11/h6-8,11,20H,1-5H2,(H2,18,19,21)/b17-8+. The predicted octanol–water partition coefficient (Wildman–Crippen LogP) is 3.83. The molecule has 0 aromatic heterocycles. The van der Waals surface area contributed by atoms with E-state index in [1.165, 1.54) is 31.5 Å². The van der Waals surface area contributed by atoms with Crippen LogP contribution >= 0.6 is 35.4 Å². The van der Waals surface area contributed by atoms with E-state index in [2.05, 4.69) is 15.8 Å². The summed E-state index contributed by atoms with van der Waals surface area (Å²) in [6, 6.07) is 3.47. The van der Waals surface area contributed by atoms with Gasteiger partial charge >= 0.3 is 0 Å². The first-order valence-corrected chi connectivity index (χ1v) is 8.00. The highest BCUT2D eigenvalue weighted by Gasteiger charge is 2.13. The molecule has 3 N–H and O–H groups in total. The molecule has 1 saturated carbocycles. The van der Waals surface area contributed by atoms with Crippen molar-refractivity contribution in [2.45, 2.75) is 38.1 Å². The van der Waals surface area contributed by atoms with Crippen LogP contribution in [0.4, 0.5) is 0 Å². The molecule has 0 saturated heterocycles. The maximum Gasteiger partial charge on any atom is 0.187 e. The van der Waals surface area contributed by atoms with Crippen LogP contribution in [0.15, 0.2) is 17.2 Å². The molecule has 0 bridgehead atoms. The van der Waals surface area contributed by atoms with Crippen molar-refractivity contribution in [2.75, 3.05) is 0 Å². The van der Waals surface area contributed by atoms with Gasteiger partial charge in [0, 0.05) is 16.6 Å². The average Bonchev–Trinajstić information content (AvgIpc) is 2.45. The molecule has 1 fully saturated rings. The molecule has 1 aliphatic carbocycles. The summed E-state index contributed by atoms with van der Waals surface area (Å²) in [7, 11) is 0. The molecule has 0 aliphatic heterocycles. The highest BCUT2D eigenvalue weighted by Crippen LogP contribution is 2.29. The van der Waals surface area contributed by atoms with E-state index in [4.69, 9.17) is 35.4 Å². The second-order valence-electron chi connectivity index (χ2n) is 5.00. The molecule has 0 heterocycles.